The quantitative estimate of drug-likeness (QED) is 0.894. The van der Waals surface area contributed by atoms with Gasteiger partial charge < -0.3 is 5.11 Å². The van der Waals surface area contributed by atoms with E-state index in [2.05, 4.69) is 4.98 Å². The van der Waals surface area contributed by atoms with Crippen LogP contribution >= 0.6 is 11.6 Å². The molecular formula is C18H16ClNO3. The van der Waals surface area contributed by atoms with Crippen LogP contribution < -0.4 is 0 Å². The maximum Gasteiger partial charge on any atom is 0.336 e. The molecule has 5 heteroatoms. The Hall–Kier alpha value is -2.20. The molecule has 3 rings (SSSR count). The lowest BCUT2D eigenvalue weighted by Crippen LogP contribution is -2.30. The second-order valence-corrected chi connectivity index (χ2v) is 7.07. The van der Waals surface area contributed by atoms with Crippen LogP contribution in [0.25, 0.3) is 11.3 Å². The van der Waals surface area contributed by atoms with Crippen LogP contribution in [0.15, 0.2) is 30.3 Å². The van der Waals surface area contributed by atoms with E-state index in [0.717, 1.165) is 5.56 Å². The van der Waals surface area contributed by atoms with Crippen molar-refractivity contribution in [3.8, 4) is 11.3 Å². The number of ketones is 1. The van der Waals surface area contributed by atoms with Crippen LogP contribution in [-0.4, -0.2) is 21.8 Å². The third kappa shape index (κ3) is 2.99. The van der Waals surface area contributed by atoms with Crippen molar-refractivity contribution in [1.29, 1.82) is 0 Å². The second kappa shape index (κ2) is 5.46. The fourth-order valence-corrected chi connectivity index (χ4v) is 3.14. The third-order valence-electron chi connectivity index (χ3n) is 4.03. The molecule has 0 unspecified atom stereocenters. The van der Waals surface area contributed by atoms with Crippen LogP contribution in [0.1, 0.15) is 46.7 Å². The first-order valence-corrected chi connectivity index (χ1v) is 7.71. The molecule has 118 valence electrons. The lowest BCUT2D eigenvalue weighted by molar-refractivity contribution is 0.0687. The summed E-state index contributed by atoms with van der Waals surface area (Å²) in [5.74, 6) is -1.25. The summed E-state index contributed by atoms with van der Waals surface area (Å²) in [4.78, 5) is 28.6. The van der Waals surface area contributed by atoms with Gasteiger partial charge in [0.15, 0.2) is 5.78 Å². The first kappa shape index (κ1) is 15.7. The molecular weight excluding hydrogens is 314 g/mol. The van der Waals surface area contributed by atoms with E-state index in [4.69, 9.17) is 11.6 Å². The maximum absolute atomic E-state index is 12.4. The monoisotopic (exact) mass is 329 g/mol. The number of hydrogen-bond donors (Lipinski definition) is 1. The topological polar surface area (TPSA) is 67.3 Å². The number of aromatic carboxylic acids is 1. The fraction of sp³-hybridized carbons (Fsp3) is 0.278. The van der Waals surface area contributed by atoms with Gasteiger partial charge in [0.05, 0.1) is 22.5 Å². The Morgan fingerprint density at radius 3 is 2.48 bits per heavy atom. The molecule has 0 saturated carbocycles. The van der Waals surface area contributed by atoms with Gasteiger partial charge in [0.2, 0.25) is 0 Å². The molecule has 4 nitrogen and oxygen atoms in total. The van der Waals surface area contributed by atoms with E-state index in [-0.39, 0.29) is 22.3 Å². The number of Topliss-reactive ketones (excluding diaryl/α,β-unsaturated/α-hetero) is 1. The molecule has 1 aromatic carbocycles. The van der Waals surface area contributed by atoms with Gasteiger partial charge >= 0.3 is 5.97 Å². The number of fused-ring (bicyclic) bond motifs is 1. The normalized spacial score (nSPS) is 16.0. The van der Waals surface area contributed by atoms with Crippen LogP contribution in [0.3, 0.4) is 0 Å². The molecule has 23 heavy (non-hydrogen) atoms. The van der Waals surface area contributed by atoms with Gasteiger partial charge in [0.1, 0.15) is 0 Å². The summed E-state index contributed by atoms with van der Waals surface area (Å²) in [6.07, 6.45) is 0.915. The van der Waals surface area contributed by atoms with E-state index >= 15 is 0 Å². The molecule has 1 N–H and O–H groups in total. The van der Waals surface area contributed by atoms with Gasteiger partial charge in [-0.05, 0) is 30.0 Å². The van der Waals surface area contributed by atoms with Crippen molar-refractivity contribution in [3.63, 3.8) is 0 Å². The summed E-state index contributed by atoms with van der Waals surface area (Å²) in [6, 6.07) is 8.51. The van der Waals surface area contributed by atoms with Crippen LogP contribution in [0.4, 0.5) is 0 Å². The van der Waals surface area contributed by atoms with Crippen molar-refractivity contribution >= 4 is 23.4 Å². The van der Waals surface area contributed by atoms with Gasteiger partial charge in [-0.1, -0.05) is 37.6 Å². The molecule has 0 bridgehead atoms. The molecule has 0 aliphatic heterocycles. The summed E-state index contributed by atoms with van der Waals surface area (Å²) in [5.41, 5.74) is 1.95. The zero-order valence-corrected chi connectivity index (χ0v) is 13.6. The lowest BCUT2D eigenvalue weighted by Gasteiger charge is -2.30. The summed E-state index contributed by atoms with van der Waals surface area (Å²) in [5, 5.41) is 10.1. The Bertz CT molecular complexity index is 810. The van der Waals surface area contributed by atoms with Gasteiger partial charge in [-0.2, -0.15) is 0 Å². The fourth-order valence-electron chi connectivity index (χ4n) is 3.01. The highest BCUT2D eigenvalue weighted by atomic mass is 35.5. The van der Waals surface area contributed by atoms with E-state index in [1.54, 1.807) is 24.3 Å². The summed E-state index contributed by atoms with van der Waals surface area (Å²) in [6.45, 7) is 3.98. The number of carboxylic acids is 1. The van der Waals surface area contributed by atoms with Crippen molar-refractivity contribution in [1.82, 2.24) is 4.98 Å². The molecule has 0 amide bonds. The highest BCUT2D eigenvalue weighted by molar-refractivity contribution is 6.30. The van der Waals surface area contributed by atoms with Gasteiger partial charge in [0.25, 0.3) is 0 Å². The van der Waals surface area contributed by atoms with Gasteiger partial charge in [-0.25, -0.2) is 4.79 Å². The molecule has 1 heterocycles. The third-order valence-corrected chi connectivity index (χ3v) is 4.28. The van der Waals surface area contributed by atoms with Gasteiger partial charge in [-0.3, -0.25) is 9.78 Å². The molecule has 0 atom stereocenters. The zero-order chi connectivity index (χ0) is 16.8. The highest BCUT2D eigenvalue weighted by Gasteiger charge is 2.35. The van der Waals surface area contributed by atoms with Crippen molar-refractivity contribution in [2.45, 2.75) is 26.7 Å². The molecule has 1 aliphatic carbocycles. The smallest absolute Gasteiger partial charge is 0.336 e. The van der Waals surface area contributed by atoms with E-state index in [9.17, 15) is 14.7 Å². The molecule has 0 fully saturated rings. The van der Waals surface area contributed by atoms with Crippen LogP contribution in [0.5, 0.6) is 0 Å². The summed E-state index contributed by atoms with van der Waals surface area (Å²) in [7, 11) is 0. The SMILES string of the molecule is CC1(C)CC(=O)c2c(C(=O)O)cc(-c3ccc(Cl)cc3)nc2C1. The number of rotatable bonds is 2. The first-order valence-electron chi connectivity index (χ1n) is 7.33. The van der Waals surface area contributed by atoms with E-state index in [1.165, 1.54) is 6.07 Å². The minimum atomic E-state index is -1.10. The standard InChI is InChI=1S/C18H16ClNO3/c1-18(2)8-14-16(15(21)9-18)12(17(22)23)7-13(20-14)10-3-5-11(19)6-4-10/h3-7H,8-9H2,1-2H3,(H,22,23). The first-order chi connectivity index (χ1) is 10.8. The largest absolute Gasteiger partial charge is 0.478 e. The molecule has 0 saturated heterocycles. The van der Waals surface area contributed by atoms with Crippen molar-refractivity contribution in [2.75, 3.05) is 0 Å². The molecule has 0 spiro atoms. The number of aromatic nitrogens is 1. The van der Waals surface area contributed by atoms with E-state index in [1.807, 2.05) is 13.8 Å². The van der Waals surface area contributed by atoms with Crippen molar-refractivity contribution < 1.29 is 14.7 Å². The Labute approximate surface area is 139 Å². The highest BCUT2D eigenvalue weighted by Crippen LogP contribution is 2.36. The van der Waals surface area contributed by atoms with Crippen molar-refractivity contribution in [2.24, 2.45) is 5.41 Å². The number of carbonyl (C=O) groups excluding carboxylic acids is 1. The minimum Gasteiger partial charge on any atom is -0.478 e. The van der Waals surface area contributed by atoms with Crippen LogP contribution in [-0.2, 0) is 6.42 Å². The summed E-state index contributed by atoms with van der Waals surface area (Å²) >= 11 is 5.89. The van der Waals surface area contributed by atoms with Gasteiger partial charge in [-0.15, -0.1) is 0 Å². The number of nitrogens with zero attached hydrogens (tertiary/aromatic N) is 1. The Kier molecular flexibility index (Phi) is 3.72. The molecule has 0 radical (unpaired) electrons. The predicted octanol–water partition coefficient (Wildman–Crippen LogP) is 4.26. The number of pyridine rings is 1. The zero-order valence-electron chi connectivity index (χ0n) is 12.9. The van der Waals surface area contributed by atoms with Crippen LogP contribution in [0, 0.1) is 5.41 Å². The summed E-state index contributed by atoms with van der Waals surface area (Å²) < 4.78 is 0. The average Bonchev–Trinajstić information content (AvgIpc) is 2.45. The number of benzene rings is 1. The number of halogens is 1. The number of carbonyl (C=O) groups is 2. The second-order valence-electron chi connectivity index (χ2n) is 6.63. The minimum absolute atomic E-state index is 0.0282. The number of carboxylic acid groups (broad SMARTS) is 1. The Balaban J connectivity index is 2.21. The van der Waals surface area contributed by atoms with Gasteiger partial charge in [0, 0.05) is 17.0 Å². The van der Waals surface area contributed by atoms with Crippen molar-refractivity contribution in [3.05, 3.63) is 52.2 Å². The van der Waals surface area contributed by atoms with Crippen LogP contribution in [0.2, 0.25) is 5.02 Å². The Morgan fingerprint density at radius 2 is 1.87 bits per heavy atom. The Morgan fingerprint density at radius 1 is 1.22 bits per heavy atom. The molecule has 1 aliphatic rings. The van der Waals surface area contributed by atoms with E-state index < -0.39 is 5.97 Å². The molecule has 2 aromatic rings. The maximum atomic E-state index is 12.4. The average molecular weight is 330 g/mol. The predicted molar refractivity (Wildman–Crippen MR) is 88.1 cm³/mol. The number of hydrogen-bond acceptors (Lipinski definition) is 3. The lowest BCUT2D eigenvalue weighted by atomic mass is 9.74. The molecule has 1 aromatic heterocycles. The van der Waals surface area contributed by atoms with E-state index in [0.29, 0.717) is 29.3 Å².